The molecule has 1 aliphatic heterocycles. The summed E-state index contributed by atoms with van der Waals surface area (Å²) in [5.74, 6) is -0.261. The van der Waals surface area contributed by atoms with Crippen molar-refractivity contribution in [1.82, 2.24) is 0 Å². The number of rotatable bonds is 3. The summed E-state index contributed by atoms with van der Waals surface area (Å²) in [5, 5.41) is 0. The topological polar surface area (TPSA) is 35.5 Å². The van der Waals surface area contributed by atoms with Gasteiger partial charge in [-0.2, -0.15) is 0 Å². The Morgan fingerprint density at radius 1 is 1.71 bits per heavy atom. The van der Waals surface area contributed by atoms with Crippen molar-refractivity contribution in [3.63, 3.8) is 0 Å². The van der Waals surface area contributed by atoms with Gasteiger partial charge in [-0.25, -0.2) is 0 Å². The van der Waals surface area contributed by atoms with Gasteiger partial charge in [-0.15, -0.1) is 0 Å². The first kappa shape index (κ1) is 11.2. The fourth-order valence-corrected chi connectivity index (χ4v) is 1.45. The van der Waals surface area contributed by atoms with Gasteiger partial charge in [0, 0.05) is 0 Å². The van der Waals surface area contributed by atoms with Gasteiger partial charge in [0.1, 0.15) is 6.61 Å². The molecule has 0 bridgehead atoms. The van der Waals surface area contributed by atoms with Crippen molar-refractivity contribution in [2.45, 2.75) is 32.3 Å². The van der Waals surface area contributed by atoms with E-state index in [9.17, 15) is 4.79 Å². The monoisotopic (exact) mass is 198 g/mol. The van der Waals surface area contributed by atoms with Gasteiger partial charge in [-0.3, -0.25) is 4.79 Å². The lowest BCUT2D eigenvalue weighted by Crippen LogP contribution is -2.37. The molecule has 1 saturated heterocycles. The Hall–Kier alpha value is -0.830. The second-order valence-corrected chi connectivity index (χ2v) is 4.23. The van der Waals surface area contributed by atoms with Crippen LogP contribution < -0.4 is 0 Å². The SMILES string of the molecule is C=CCOC(=O)C1CCC(C)(C)OC1. The highest BCUT2D eigenvalue weighted by Gasteiger charge is 2.31. The summed E-state index contributed by atoms with van der Waals surface area (Å²) in [6.45, 7) is 8.34. The maximum atomic E-state index is 11.4. The third-order valence-corrected chi connectivity index (χ3v) is 2.45. The first-order chi connectivity index (χ1) is 6.55. The van der Waals surface area contributed by atoms with Crippen LogP contribution in [0.2, 0.25) is 0 Å². The fraction of sp³-hybridized carbons (Fsp3) is 0.727. The number of esters is 1. The average molecular weight is 198 g/mol. The number of carbonyl (C=O) groups excluding carboxylic acids is 1. The summed E-state index contributed by atoms with van der Waals surface area (Å²) in [7, 11) is 0. The Kier molecular flexibility index (Phi) is 3.69. The Morgan fingerprint density at radius 3 is 2.93 bits per heavy atom. The molecular formula is C11H18O3. The first-order valence-corrected chi connectivity index (χ1v) is 4.96. The van der Waals surface area contributed by atoms with Crippen molar-refractivity contribution in [3.8, 4) is 0 Å². The van der Waals surface area contributed by atoms with Crippen LogP contribution in [0.15, 0.2) is 12.7 Å². The van der Waals surface area contributed by atoms with Crippen LogP contribution >= 0.6 is 0 Å². The van der Waals surface area contributed by atoms with Crippen molar-refractivity contribution >= 4 is 5.97 Å². The largest absolute Gasteiger partial charge is 0.461 e. The van der Waals surface area contributed by atoms with Crippen LogP contribution in [0.5, 0.6) is 0 Å². The minimum Gasteiger partial charge on any atom is -0.461 e. The summed E-state index contributed by atoms with van der Waals surface area (Å²) in [5.41, 5.74) is -0.0881. The minimum atomic E-state index is -0.166. The molecule has 1 rings (SSSR count). The highest BCUT2D eigenvalue weighted by molar-refractivity contribution is 5.72. The van der Waals surface area contributed by atoms with E-state index < -0.39 is 0 Å². The van der Waals surface area contributed by atoms with E-state index in [2.05, 4.69) is 6.58 Å². The molecule has 0 aromatic rings. The molecule has 1 aliphatic rings. The number of ether oxygens (including phenoxy) is 2. The molecule has 0 spiro atoms. The standard InChI is InChI=1S/C11H18O3/c1-4-7-13-10(12)9-5-6-11(2,3)14-8-9/h4,9H,1,5-8H2,2-3H3. The van der Waals surface area contributed by atoms with E-state index in [1.165, 1.54) is 0 Å². The van der Waals surface area contributed by atoms with Gasteiger partial charge in [-0.05, 0) is 26.7 Å². The van der Waals surface area contributed by atoms with Crippen LogP contribution in [0.1, 0.15) is 26.7 Å². The molecule has 1 fully saturated rings. The molecule has 14 heavy (non-hydrogen) atoms. The van der Waals surface area contributed by atoms with E-state index in [0.717, 1.165) is 12.8 Å². The van der Waals surface area contributed by atoms with Gasteiger partial charge in [-0.1, -0.05) is 12.7 Å². The molecule has 0 radical (unpaired) electrons. The lowest BCUT2D eigenvalue weighted by Gasteiger charge is -2.33. The van der Waals surface area contributed by atoms with E-state index in [-0.39, 0.29) is 17.5 Å². The second-order valence-electron chi connectivity index (χ2n) is 4.23. The summed E-state index contributed by atoms with van der Waals surface area (Å²) >= 11 is 0. The molecule has 1 unspecified atom stereocenters. The third-order valence-electron chi connectivity index (χ3n) is 2.45. The zero-order valence-corrected chi connectivity index (χ0v) is 8.91. The Balaban J connectivity index is 2.34. The molecule has 3 heteroatoms. The molecule has 0 N–H and O–H groups in total. The number of carbonyl (C=O) groups is 1. The van der Waals surface area contributed by atoms with E-state index in [4.69, 9.17) is 9.47 Å². The molecule has 80 valence electrons. The van der Waals surface area contributed by atoms with E-state index in [0.29, 0.717) is 13.2 Å². The van der Waals surface area contributed by atoms with Crippen LogP contribution in [-0.2, 0) is 14.3 Å². The molecule has 0 amide bonds. The number of hydrogen-bond acceptors (Lipinski definition) is 3. The van der Waals surface area contributed by atoms with Crippen molar-refractivity contribution in [1.29, 1.82) is 0 Å². The summed E-state index contributed by atoms with van der Waals surface area (Å²) < 4.78 is 10.5. The molecule has 0 aromatic carbocycles. The Bertz CT molecular complexity index is 211. The summed E-state index contributed by atoms with van der Waals surface area (Å²) in [6.07, 6.45) is 3.33. The molecule has 1 atom stereocenters. The normalized spacial score (nSPS) is 25.4. The highest BCUT2D eigenvalue weighted by atomic mass is 16.5. The molecule has 0 aliphatic carbocycles. The molecular weight excluding hydrogens is 180 g/mol. The minimum absolute atomic E-state index is 0.0881. The molecule has 1 heterocycles. The quantitative estimate of drug-likeness (QED) is 0.513. The molecule has 3 nitrogen and oxygen atoms in total. The molecule has 0 saturated carbocycles. The van der Waals surface area contributed by atoms with Crippen LogP contribution in [0.3, 0.4) is 0 Å². The van der Waals surface area contributed by atoms with Crippen molar-refractivity contribution < 1.29 is 14.3 Å². The average Bonchev–Trinajstić information content (AvgIpc) is 2.14. The van der Waals surface area contributed by atoms with Crippen molar-refractivity contribution in [2.75, 3.05) is 13.2 Å². The molecule has 0 aromatic heterocycles. The van der Waals surface area contributed by atoms with Gasteiger partial charge in [0.05, 0.1) is 18.1 Å². The van der Waals surface area contributed by atoms with E-state index in [1.807, 2.05) is 13.8 Å². The number of hydrogen-bond donors (Lipinski definition) is 0. The predicted octanol–water partition coefficient (Wildman–Crippen LogP) is 1.92. The van der Waals surface area contributed by atoms with E-state index >= 15 is 0 Å². The van der Waals surface area contributed by atoms with Crippen molar-refractivity contribution in [2.24, 2.45) is 5.92 Å². The zero-order chi connectivity index (χ0) is 10.6. The Labute approximate surface area is 85.1 Å². The lowest BCUT2D eigenvalue weighted by atomic mass is 9.92. The maximum absolute atomic E-state index is 11.4. The van der Waals surface area contributed by atoms with Gasteiger partial charge >= 0.3 is 5.97 Å². The smallest absolute Gasteiger partial charge is 0.311 e. The van der Waals surface area contributed by atoms with Crippen LogP contribution in [0.4, 0.5) is 0 Å². The van der Waals surface area contributed by atoms with Crippen molar-refractivity contribution in [3.05, 3.63) is 12.7 Å². The van der Waals surface area contributed by atoms with Crippen LogP contribution in [0, 0.1) is 5.92 Å². The summed E-state index contributed by atoms with van der Waals surface area (Å²) in [6, 6.07) is 0. The maximum Gasteiger partial charge on any atom is 0.311 e. The third kappa shape index (κ3) is 3.14. The summed E-state index contributed by atoms with van der Waals surface area (Å²) in [4.78, 5) is 11.4. The van der Waals surface area contributed by atoms with Gasteiger partial charge in [0.15, 0.2) is 0 Å². The lowest BCUT2D eigenvalue weighted by molar-refractivity contribution is -0.158. The van der Waals surface area contributed by atoms with Gasteiger partial charge in [0.2, 0.25) is 0 Å². The van der Waals surface area contributed by atoms with Crippen LogP contribution in [0.25, 0.3) is 0 Å². The van der Waals surface area contributed by atoms with Crippen LogP contribution in [-0.4, -0.2) is 24.8 Å². The second kappa shape index (κ2) is 4.60. The predicted molar refractivity (Wildman–Crippen MR) is 53.9 cm³/mol. The zero-order valence-electron chi connectivity index (χ0n) is 8.91. The van der Waals surface area contributed by atoms with E-state index in [1.54, 1.807) is 6.08 Å². The fourth-order valence-electron chi connectivity index (χ4n) is 1.45. The first-order valence-electron chi connectivity index (χ1n) is 4.96. The highest BCUT2D eigenvalue weighted by Crippen LogP contribution is 2.27. The Morgan fingerprint density at radius 2 is 2.43 bits per heavy atom. The van der Waals surface area contributed by atoms with Gasteiger partial charge < -0.3 is 9.47 Å². The van der Waals surface area contributed by atoms with Gasteiger partial charge in [0.25, 0.3) is 0 Å².